The molecule has 0 radical (unpaired) electrons. The van der Waals surface area contributed by atoms with Gasteiger partial charge in [0.25, 0.3) is 0 Å². The zero-order chi connectivity index (χ0) is 24.5. The number of rotatable bonds is 12. The summed E-state index contributed by atoms with van der Waals surface area (Å²) in [5, 5.41) is 1.19. The molecule has 0 atom stereocenters. The van der Waals surface area contributed by atoms with Crippen LogP contribution in [-0.2, 0) is 22.6 Å². The van der Waals surface area contributed by atoms with Crippen LogP contribution >= 0.6 is 0 Å². The molecule has 0 unspecified atom stereocenters. The fourth-order valence-electron chi connectivity index (χ4n) is 4.27. The lowest BCUT2D eigenvalue weighted by Gasteiger charge is -2.30. The Labute approximate surface area is 204 Å². The molecule has 0 aliphatic rings. The second-order valence-corrected chi connectivity index (χ2v) is 9.48. The summed E-state index contributed by atoms with van der Waals surface area (Å²) in [4.78, 5) is 33.3. The van der Waals surface area contributed by atoms with E-state index in [2.05, 4.69) is 55.2 Å². The van der Waals surface area contributed by atoms with Gasteiger partial charge in [-0.15, -0.1) is 0 Å². The Hall–Kier alpha value is -3.08. The van der Waals surface area contributed by atoms with Crippen molar-refractivity contribution in [2.75, 3.05) is 13.1 Å². The molecular formula is C29H39N3O2. The first-order valence-corrected chi connectivity index (χ1v) is 12.6. The highest BCUT2D eigenvalue weighted by Crippen LogP contribution is 2.19. The summed E-state index contributed by atoms with van der Waals surface area (Å²) in [6.45, 7) is 9.44. The van der Waals surface area contributed by atoms with E-state index in [9.17, 15) is 9.59 Å². The first-order valence-electron chi connectivity index (χ1n) is 12.6. The number of amides is 2. The van der Waals surface area contributed by atoms with E-state index in [-0.39, 0.29) is 24.4 Å². The van der Waals surface area contributed by atoms with Crippen molar-refractivity contribution >= 4 is 22.7 Å². The van der Waals surface area contributed by atoms with Crippen molar-refractivity contribution in [1.29, 1.82) is 0 Å². The van der Waals surface area contributed by atoms with E-state index in [0.717, 1.165) is 36.8 Å². The Morgan fingerprint density at radius 2 is 1.71 bits per heavy atom. The van der Waals surface area contributed by atoms with E-state index in [1.165, 1.54) is 16.5 Å². The second kappa shape index (κ2) is 12.4. The van der Waals surface area contributed by atoms with Crippen LogP contribution in [0, 0.1) is 6.92 Å². The molecule has 1 N–H and O–H groups in total. The van der Waals surface area contributed by atoms with Gasteiger partial charge in [-0.1, -0.05) is 67.8 Å². The van der Waals surface area contributed by atoms with Crippen LogP contribution in [0.2, 0.25) is 0 Å². The zero-order valence-electron chi connectivity index (χ0n) is 21.1. The number of unbranched alkanes of at least 4 members (excludes halogenated alkanes) is 2. The van der Waals surface area contributed by atoms with Crippen molar-refractivity contribution < 1.29 is 9.59 Å². The standard InChI is InChI=1S/C29H39N3O2/c1-5-6-7-12-28(33)32(22(2)3)21-29(34)31(20-24-15-13-23(4)14-16-24)18-17-25-19-30-27-11-9-8-10-26(25)27/h8-11,13-16,19,22,30H,5-7,12,17-18,20-21H2,1-4H3. The Morgan fingerprint density at radius 3 is 2.41 bits per heavy atom. The van der Waals surface area contributed by atoms with E-state index in [1.54, 1.807) is 4.90 Å². The van der Waals surface area contributed by atoms with E-state index >= 15 is 0 Å². The number of H-pyrrole nitrogens is 1. The number of aromatic amines is 1. The first kappa shape index (κ1) is 25.5. The summed E-state index contributed by atoms with van der Waals surface area (Å²) in [7, 11) is 0. The van der Waals surface area contributed by atoms with Crippen LogP contribution in [0.25, 0.3) is 10.9 Å². The minimum Gasteiger partial charge on any atom is -0.361 e. The van der Waals surface area contributed by atoms with Crippen LogP contribution in [0.15, 0.2) is 54.7 Å². The van der Waals surface area contributed by atoms with Crippen LogP contribution < -0.4 is 0 Å². The predicted octanol–water partition coefficient (Wildman–Crippen LogP) is 5.86. The lowest BCUT2D eigenvalue weighted by molar-refractivity contribution is -0.142. The maximum Gasteiger partial charge on any atom is 0.242 e. The first-order chi connectivity index (χ1) is 16.4. The van der Waals surface area contributed by atoms with Gasteiger partial charge in [-0.25, -0.2) is 0 Å². The van der Waals surface area contributed by atoms with Crippen molar-refractivity contribution in [2.24, 2.45) is 0 Å². The largest absolute Gasteiger partial charge is 0.361 e. The van der Waals surface area contributed by atoms with Crippen LogP contribution in [-0.4, -0.2) is 45.7 Å². The van der Waals surface area contributed by atoms with Gasteiger partial charge >= 0.3 is 0 Å². The lowest BCUT2D eigenvalue weighted by Crippen LogP contribution is -2.46. The molecule has 1 heterocycles. The number of fused-ring (bicyclic) bond motifs is 1. The second-order valence-electron chi connectivity index (χ2n) is 9.48. The van der Waals surface area contributed by atoms with Gasteiger partial charge in [-0.3, -0.25) is 9.59 Å². The SMILES string of the molecule is CCCCCC(=O)N(CC(=O)N(CCc1c[nH]c2ccccc12)Cc1ccc(C)cc1)C(C)C. The van der Waals surface area contributed by atoms with Crippen molar-refractivity contribution in [3.8, 4) is 0 Å². The number of benzene rings is 2. The molecule has 0 bridgehead atoms. The van der Waals surface area contributed by atoms with Crippen molar-refractivity contribution in [3.05, 3.63) is 71.4 Å². The number of aryl methyl sites for hydroxylation is 1. The quantitative estimate of drug-likeness (QED) is 0.343. The minimum absolute atomic E-state index is 0.00189. The Morgan fingerprint density at radius 1 is 0.971 bits per heavy atom. The number of hydrogen-bond donors (Lipinski definition) is 1. The van der Waals surface area contributed by atoms with E-state index in [1.807, 2.05) is 37.1 Å². The van der Waals surface area contributed by atoms with Gasteiger partial charge in [-0.05, 0) is 50.8 Å². The smallest absolute Gasteiger partial charge is 0.242 e. The third-order valence-corrected chi connectivity index (χ3v) is 6.42. The number of hydrogen-bond acceptors (Lipinski definition) is 2. The van der Waals surface area contributed by atoms with E-state index < -0.39 is 0 Å². The molecule has 0 aliphatic carbocycles. The number of nitrogens with one attached hydrogen (secondary N) is 1. The summed E-state index contributed by atoms with van der Waals surface area (Å²) in [5.41, 5.74) is 4.61. The number of carbonyl (C=O) groups is 2. The molecule has 3 rings (SSSR count). The number of para-hydroxylation sites is 1. The third kappa shape index (κ3) is 6.96. The van der Waals surface area contributed by atoms with E-state index in [0.29, 0.717) is 19.5 Å². The molecule has 34 heavy (non-hydrogen) atoms. The van der Waals surface area contributed by atoms with Crippen LogP contribution in [0.3, 0.4) is 0 Å². The topological polar surface area (TPSA) is 56.4 Å². The van der Waals surface area contributed by atoms with Crippen molar-refractivity contribution in [1.82, 2.24) is 14.8 Å². The molecule has 2 aromatic carbocycles. The third-order valence-electron chi connectivity index (χ3n) is 6.42. The summed E-state index contributed by atoms with van der Waals surface area (Å²) < 4.78 is 0. The molecule has 2 amide bonds. The average Bonchev–Trinajstić information content (AvgIpc) is 3.24. The molecule has 182 valence electrons. The summed E-state index contributed by atoms with van der Waals surface area (Å²) in [5.74, 6) is 0.0710. The Bertz CT molecular complexity index is 1070. The normalized spacial score (nSPS) is 11.2. The number of carbonyl (C=O) groups excluding carboxylic acids is 2. The summed E-state index contributed by atoms with van der Waals surface area (Å²) >= 11 is 0. The van der Waals surface area contributed by atoms with Gasteiger partial charge in [0.05, 0.1) is 6.54 Å². The summed E-state index contributed by atoms with van der Waals surface area (Å²) in [6, 6.07) is 16.6. The highest BCUT2D eigenvalue weighted by atomic mass is 16.2. The average molecular weight is 462 g/mol. The molecule has 5 nitrogen and oxygen atoms in total. The van der Waals surface area contributed by atoms with Gasteiger partial charge in [-0.2, -0.15) is 0 Å². The molecule has 0 fully saturated rings. The molecule has 3 aromatic rings. The lowest BCUT2D eigenvalue weighted by atomic mass is 10.1. The zero-order valence-corrected chi connectivity index (χ0v) is 21.1. The van der Waals surface area contributed by atoms with Gasteiger partial charge in [0.2, 0.25) is 11.8 Å². The minimum atomic E-state index is -0.00656. The van der Waals surface area contributed by atoms with Crippen molar-refractivity contribution in [2.45, 2.75) is 72.4 Å². The van der Waals surface area contributed by atoms with Crippen LogP contribution in [0.1, 0.15) is 63.1 Å². The highest BCUT2D eigenvalue weighted by Gasteiger charge is 2.23. The highest BCUT2D eigenvalue weighted by molar-refractivity contribution is 5.85. The van der Waals surface area contributed by atoms with Crippen LogP contribution in [0.5, 0.6) is 0 Å². The summed E-state index contributed by atoms with van der Waals surface area (Å²) in [6.07, 6.45) is 6.29. The van der Waals surface area contributed by atoms with Gasteiger partial charge in [0.15, 0.2) is 0 Å². The fraction of sp³-hybridized carbons (Fsp3) is 0.448. The van der Waals surface area contributed by atoms with Gasteiger partial charge in [0.1, 0.15) is 0 Å². The van der Waals surface area contributed by atoms with E-state index in [4.69, 9.17) is 0 Å². The van der Waals surface area contributed by atoms with Gasteiger partial charge in [0, 0.05) is 42.7 Å². The Kier molecular flexibility index (Phi) is 9.32. The molecular weight excluding hydrogens is 422 g/mol. The number of nitrogens with zero attached hydrogens (tertiary/aromatic N) is 2. The van der Waals surface area contributed by atoms with Crippen LogP contribution in [0.4, 0.5) is 0 Å². The molecule has 0 saturated heterocycles. The molecule has 0 aliphatic heterocycles. The molecule has 5 heteroatoms. The number of aromatic nitrogens is 1. The molecule has 1 aromatic heterocycles. The van der Waals surface area contributed by atoms with Gasteiger partial charge < -0.3 is 14.8 Å². The molecule has 0 saturated carbocycles. The van der Waals surface area contributed by atoms with Crippen molar-refractivity contribution in [3.63, 3.8) is 0 Å². The Balaban J connectivity index is 1.74. The molecule has 0 spiro atoms. The maximum atomic E-state index is 13.5. The monoisotopic (exact) mass is 461 g/mol. The fourth-order valence-corrected chi connectivity index (χ4v) is 4.27. The maximum absolute atomic E-state index is 13.5. The predicted molar refractivity (Wildman–Crippen MR) is 140 cm³/mol.